The number of nitrogens with zero attached hydrogens (tertiary/aromatic N) is 4. The van der Waals surface area contributed by atoms with Crippen molar-refractivity contribution in [2.75, 3.05) is 91.4 Å². The number of carbonyl (C=O) groups is 3. The molecule has 3 atom stereocenters. The van der Waals surface area contributed by atoms with E-state index in [-0.39, 0.29) is 72.6 Å². The molecule has 1 aliphatic heterocycles. The molecule has 1 saturated heterocycles. The van der Waals surface area contributed by atoms with Gasteiger partial charge < -0.3 is 0 Å². The molecule has 3 unspecified atom stereocenters. The molecule has 229 valence electrons. The average Bonchev–Trinajstić information content (AvgIpc) is 2.79. The summed E-state index contributed by atoms with van der Waals surface area (Å²) in [6, 6.07) is -1.11. The van der Waals surface area contributed by atoms with Crippen molar-refractivity contribution < 1.29 is 92.4 Å². The number of rotatable bonds is 14. The van der Waals surface area contributed by atoms with Crippen LogP contribution in [-0.4, -0.2) is 182 Å². The Kier molecular flexibility index (Phi) is 16.2. The number of carboxylic acids is 3. The zero-order valence-electron chi connectivity index (χ0n) is 21.9. The number of aliphatic hydroxyl groups excluding tert-OH is 3. The van der Waals surface area contributed by atoms with Crippen molar-refractivity contribution >= 4 is 27.9 Å². The number of hydrogen-bond acceptors (Lipinski definition) is 11. The van der Waals surface area contributed by atoms with E-state index in [0.717, 1.165) is 6.26 Å². The Labute approximate surface area is 254 Å². The van der Waals surface area contributed by atoms with Crippen molar-refractivity contribution in [3.8, 4) is 0 Å². The molecular weight excluding hydrogens is 688 g/mol. The maximum absolute atomic E-state index is 11.9. The van der Waals surface area contributed by atoms with E-state index in [9.17, 15) is 53.4 Å². The third-order valence-corrected chi connectivity index (χ3v) is 8.40. The summed E-state index contributed by atoms with van der Waals surface area (Å²) in [5.41, 5.74) is 0. The molecule has 18 heteroatoms. The maximum atomic E-state index is 11.9. The topological polar surface area (TPSA) is 228 Å². The van der Waals surface area contributed by atoms with Crippen LogP contribution in [0.2, 0.25) is 0 Å². The molecule has 7 N–H and O–H groups in total. The fourth-order valence-electron chi connectivity index (χ4n) is 4.26. The Balaban J connectivity index is 3.23. The minimum atomic E-state index is -3.77. The van der Waals surface area contributed by atoms with Gasteiger partial charge in [-0.3, -0.25) is 0 Å². The van der Waals surface area contributed by atoms with E-state index >= 15 is 0 Å². The van der Waals surface area contributed by atoms with Gasteiger partial charge in [0.1, 0.15) is 0 Å². The van der Waals surface area contributed by atoms with Crippen LogP contribution in [0.5, 0.6) is 0 Å². The van der Waals surface area contributed by atoms with Gasteiger partial charge in [-0.25, -0.2) is 0 Å². The van der Waals surface area contributed by atoms with Gasteiger partial charge in [-0.15, -0.1) is 0 Å². The van der Waals surface area contributed by atoms with E-state index in [4.69, 9.17) is 0 Å². The van der Waals surface area contributed by atoms with E-state index in [1.54, 1.807) is 14.7 Å². The number of quaternary nitrogens is 1. The van der Waals surface area contributed by atoms with Crippen LogP contribution < -0.4 is 4.72 Å². The average molecular weight is 729 g/mol. The van der Waals surface area contributed by atoms with E-state index in [0.29, 0.717) is 13.1 Å². The van der Waals surface area contributed by atoms with Crippen molar-refractivity contribution in [2.45, 2.75) is 24.7 Å². The molecule has 39 heavy (non-hydrogen) atoms. The summed E-state index contributed by atoms with van der Waals surface area (Å²) in [5, 5.41) is 58.2. The summed E-state index contributed by atoms with van der Waals surface area (Å²) in [6.07, 6.45) is -1.90. The molecule has 0 radical (unpaired) electrons. The first-order valence-electron chi connectivity index (χ1n) is 12.3. The second-order valence-corrected chi connectivity index (χ2v) is 13.7. The van der Waals surface area contributed by atoms with Crippen LogP contribution in [0.25, 0.3) is 0 Å². The first-order chi connectivity index (χ1) is 18.0. The molecule has 0 saturated carbocycles. The van der Waals surface area contributed by atoms with Crippen molar-refractivity contribution in [2.24, 2.45) is 0 Å². The van der Waals surface area contributed by atoms with Crippen molar-refractivity contribution in [3.63, 3.8) is 0 Å². The fourth-order valence-corrected chi connectivity index (χ4v) is 5.95. The third kappa shape index (κ3) is 16.4. The summed E-state index contributed by atoms with van der Waals surface area (Å²) in [5.74, 6) is -3.18. The predicted molar refractivity (Wildman–Crippen MR) is 133 cm³/mol. The Hall–Kier alpha value is -0.635. The van der Waals surface area contributed by atoms with E-state index in [1.807, 2.05) is 0 Å². The van der Waals surface area contributed by atoms with Crippen LogP contribution in [0, 0.1) is 38.3 Å². The quantitative estimate of drug-likeness (QED) is 0.0895. The Morgan fingerprint density at radius 3 is 1.56 bits per heavy atom. The van der Waals surface area contributed by atoms with Gasteiger partial charge in [0.2, 0.25) is 0 Å². The molecule has 0 aromatic carbocycles. The van der Waals surface area contributed by atoms with Gasteiger partial charge >= 0.3 is 256 Å². The van der Waals surface area contributed by atoms with E-state index in [1.165, 1.54) is 38.3 Å². The zero-order valence-corrected chi connectivity index (χ0v) is 25.0. The summed E-state index contributed by atoms with van der Waals surface area (Å²) < 4.78 is 26.2. The van der Waals surface area contributed by atoms with Crippen molar-refractivity contribution in [3.05, 3.63) is 0 Å². The normalized spacial score (nSPS) is 21.3. The second-order valence-electron chi connectivity index (χ2n) is 9.78. The first kappa shape index (κ1) is 36.4. The molecule has 1 heterocycles. The standard InChI is InChI=1S/C21H41N5O11S.Gd/c1-38(36,37)22-17(10-16(28)15-27)18(29)11-23-2-4-24(12-19(30)31)6-8-26(14-21(34)35)9-7-25(5-3-23)13-20(32)33;/h16-18,22,27-29H,2-15H2,1H3,(H,30,31)(H,32,33)(H,34,35);/q;+1. The fraction of sp³-hybridized carbons (Fsp3) is 0.857. The summed E-state index contributed by atoms with van der Waals surface area (Å²) in [7, 11) is -3.77. The van der Waals surface area contributed by atoms with E-state index < -0.39 is 52.8 Å². The number of carboxylic acid groups (broad SMARTS) is 3. The minimum absolute atomic E-state index is 0.00323. The Morgan fingerprint density at radius 2 is 1.23 bits per heavy atom. The predicted octanol–water partition coefficient (Wildman–Crippen LogP) is -4.54. The Bertz CT molecular complexity index is 881. The summed E-state index contributed by atoms with van der Waals surface area (Å²) >= 11 is 1.51. The molecule has 1 rings (SSSR count). The van der Waals surface area contributed by atoms with Gasteiger partial charge in [-0.05, 0) is 0 Å². The molecule has 0 aromatic heterocycles. The summed E-state index contributed by atoms with van der Waals surface area (Å²) in [4.78, 5) is 39.2. The van der Waals surface area contributed by atoms with Gasteiger partial charge in [-0.1, -0.05) is 0 Å². The second kappa shape index (κ2) is 17.4. The molecular formula is C21H41GdN5O11S+. The molecule has 1 aliphatic rings. The van der Waals surface area contributed by atoms with Crippen LogP contribution in [0.3, 0.4) is 0 Å². The number of hydrogen-bond donors (Lipinski definition) is 7. The molecule has 0 aromatic rings. The van der Waals surface area contributed by atoms with Crippen LogP contribution >= 0.6 is 0 Å². The van der Waals surface area contributed by atoms with Gasteiger partial charge in [0, 0.05) is 0 Å². The van der Waals surface area contributed by atoms with Crippen LogP contribution in [0.1, 0.15) is 6.42 Å². The van der Waals surface area contributed by atoms with Crippen molar-refractivity contribution in [1.82, 2.24) is 19.4 Å². The molecule has 0 bridgehead atoms. The Morgan fingerprint density at radius 1 is 0.846 bits per heavy atom. The van der Waals surface area contributed by atoms with Crippen molar-refractivity contribution in [1.29, 1.82) is 0 Å². The first-order valence-corrected chi connectivity index (χ1v) is 15.2. The van der Waals surface area contributed by atoms with Crippen LogP contribution in [0.4, 0.5) is 0 Å². The van der Waals surface area contributed by atoms with Crippen LogP contribution in [0.15, 0.2) is 0 Å². The number of sulfonamides is 1. The van der Waals surface area contributed by atoms with E-state index in [2.05, 4.69) is 4.72 Å². The zero-order chi connectivity index (χ0) is 29.8. The number of nitrogens with one attached hydrogen (secondary N) is 1. The third-order valence-electron chi connectivity index (χ3n) is 6.24. The van der Waals surface area contributed by atoms with Gasteiger partial charge in [-0.2, -0.15) is 0 Å². The van der Waals surface area contributed by atoms with Gasteiger partial charge in [0.05, 0.1) is 0 Å². The molecule has 0 aliphatic carbocycles. The molecule has 0 spiro atoms. The number of aliphatic carboxylic acids is 3. The monoisotopic (exact) mass is 729 g/mol. The van der Waals surface area contributed by atoms with Gasteiger partial charge in [0.15, 0.2) is 0 Å². The molecule has 16 nitrogen and oxygen atoms in total. The number of aliphatic hydroxyl groups is 3. The SMILES string of the molecule is CS(=O)(=O)NC(CC(O)CO)C(O)C[N+]1([Gd])CCN(CC(=O)O)CCN(CC(=O)O)CCN(CC(=O)O)CC1. The molecule has 0 amide bonds. The van der Waals surface area contributed by atoms with Gasteiger partial charge in [0.25, 0.3) is 0 Å². The molecule has 1 fully saturated rings. The summed E-state index contributed by atoms with van der Waals surface area (Å²) in [6.45, 7) is 0.617. The van der Waals surface area contributed by atoms with Crippen LogP contribution in [-0.2, 0) is 24.4 Å².